The molecular weight excluding hydrogens is 300 g/mol. The number of ether oxygens (including phenoxy) is 3. The van der Waals surface area contributed by atoms with E-state index in [1.54, 1.807) is 18.2 Å². The third-order valence-electron chi connectivity index (χ3n) is 2.89. The molecule has 0 amide bonds. The van der Waals surface area contributed by atoms with Crippen LogP contribution >= 0.6 is 11.6 Å². The number of rotatable bonds is 3. The molecule has 8 heteroatoms. The lowest BCUT2D eigenvalue weighted by Gasteiger charge is -2.09. The fourth-order valence-electron chi connectivity index (χ4n) is 1.87. The van der Waals surface area contributed by atoms with Gasteiger partial charge in [-0.25, -0.2) is 0 Å². The summed E-state index contributed by atoms with van der Waals surface area (Å²) in [7, 11) is 0. The number of hydrogen-bond acceptors (Lipinski definition) is 6. The van der Waals surface area contributed by atoms with E-state index in [-0.39, 0.29) is 28.9 Å². The van der Waals surface area contributed by atoms with Crippen LogP contribution in [-0.2, 0) is 0 Å². The van der Waals surface area contributed by atoms with Crippen LogP contribution in [0.15, 0.2) is 30.3 Å². The average molecular weight is 309 g/mol. The van der Waals surface area contributed by atoms with Gasteiger partial charge in [0.1, 0.15) is 22.2 Å². The zero-order valence-electron chi connectivity index (χ0n) is 10.5. The number of benzene rings is 2. The van der Waals surface area contributed by atoms with Crippen molar-refractivity contribution in [2.45, 2.75) is 0 Å². The third kappa shape index (κ3) is 2.38. The molecule has 1 heterocycles. The number of nitrogens with zero attached hydrogens (tertiary/aromatic N) is 1. The Morgan fingerprint density at radius 2 is 2.00 bits per heavy atom. The molecule has 0 radical (unpaired) electrons. The van der Waals surface area contributed by atoms with Crippen molar-refractivity contribution >= 4 is 23.0 Å². The first-order valence-corrected chi connectivity index (χ1v) is 6.24. The van der Waals surface area contributed by atoms with Crippen molar-refractivity contribution in [3.05, 3.63) is 45.5 Å². The van der Waals surface area contributed by atoms with Crippen molar-refractivity contribution in [2.75, 3.05) is 12.5 Å². The minimum atomic E-state index is -0.606. The Balaban J connectivity index is 1.92. The van der Waals surface area contributed by atoms with Gasteiger partial charge in [0.15, 0.2) is 11.5 Å². The second-order valence-electron chi connectivity index (χ2n) is 4.18. The maximum atomic E-state index is 10.8. The summed E-state index contributed by atoms with van der Waals surface area (Å²) in [6.07, 6.45) is 0. The highest BCUT2D eigenvalue weighted by molar-refractivity contribution is 6.35. The lowest BCUT2D eigenvalue weighted by atomic mass is 10.2. The van der Waals surface area contributed by atoms with E-state index in [4.69, 9.17) is 31.5 Å². The smallest absolute Gasteiger partial charge is 0.293 e. The van der Waals surface area contributed by atoms with Gasteiger partial charge < -0.3 is 19.9 Å². The van der Waals surface area contributed by atoms with Gasteiger partial charge in [0.2, 0.25) is 6.79 Å². The highest BCUT2D eigenvalue weighted by Crippen LogP contribution is 2.41. The predicted octanol–water partition coefficient (Wildman–Crippen LogP) is 3.35. The minimum Gasteiger partial charge on any atom is -0.456 e. The van der Waals surface area contributed by atoms with Crippen LogP contribution in [0.4, 0.5) is 11.4 Å². The molecule has 21 heavy (non-hydrogen) atoms. The molecule has 7 nitrogen and oxygen atoms in total. The summed E-state index contributed by atoms with van der Waals surface area (Å²) in [6.45, 7) is 0.157. The minimum absolute atomic E-state index is 0.0122. The molecule has 0 aliphatic carbocycles. The molecule has 0 spiro atoms. The van der Waals surface area contributed by atoms with Gasteiger partial charge in [0.05, 0.1) is 4.92 Å². The summed E-state index contributed by atoms with van der Waals surface area (Å²) < 4.78 is 16.0. The molecule has 2 N–H and O–H groups in total. The molecule has 0 atom stereocenters. The molecule has 0 saturated carbocycles. The average Bonchev–Trinajstić information content (AvgIpc) is 2.91. The van der Waals surface area contributed by atoms with E-state index in [9.17, 15) is 10.1 Å². The molecule has 0 fully saturated rings. The van der Waals surface area contributed by atoms with Gasteiger partial charge in [0, 0.05) is 12.1 Å². The van der Waals surface area contributed by atoms with E-state index in [1.165, 1.54) is 12.1 Å². The molecule has 1 aliphatic rings. The Hall–Kier alpha value is -2.67. The van der Waals surface area contributed by atoms with Gasteiger partial charge >= 0.3 is 0 Å². The highest BCUT2D eigenvalue weighted by Gasteiger charge is 2.19. The number of nitrogen functional groups attached to an aromatic ring is 1. The number of nitro benzene ring substituents is 1. The predicted molar refractivity (Wildman–Crippen MR) is 75.2 cm³/mol. The molecule has 0 saturated heterocycles. The quantitative estimate of drug-likeness (QED) is 0.530. The van der Waals surface area contributed by atoms with Crippen LogP contribution in [0.3, 0.4) is 0 Å². The SMILES string of the molecule is Nc1c([N+](=O)[O-])ccc(Oc2ccc3c(c2)OCO3)c1Cl. The first-order chi connectivity index (χ1) is 10.1. The van der Waals surface area contributed by atoms with Crippen molar-refractivity contribution in [3.63, 3.8) is 0 Å². The summed E-state index contributed by atoms with van der Waals surface area (Å²) in [5, 5.41) is 10.8. The fourth-order valence-corrected chi connectivity index (χ4v) is 2.07. The van der Waals surface area contributed by atoms with Gasteiger partial charge in [-0.05, 0) is 18.2 Å². The summed E-state index contributed by atoms with van der Waals surface area (Å²) in [5.74, 6) is 1.85. The monoisotopic (exact) mass is 308 g/mol. The molecule has 2 aromatic carbocycles. The number of fused-ring (bicyclic) bond motifs is 1. The van der Waals surface area contributed by atoms with Crippen molar-refractivity contribution in [1.29, 1.82) is 0 Å². The van der Waals surface area contributed by atoms with Crippen LogP contribution in [0.25, 0.3) is 0 Å². The Morgan fingerprint density at radius 3 is 2.76 bits per heavy atom. The summed E-state index contributed by atoms with van der Waals surface area (Å²) in [4.78, 5) is 10.2. The normalized spacial score (nSPS) is 12.2. The van der Waals surface area contributed by atoms with Gasteiger partial charge in [-0.3, -0.25) is 10.1 Å². The molecule has 0 unspecified atom stereocenters. The number of hydrogen-bond donors (Lipinski definition) is 1. The summed E-state index contributed by atoms with van der Waals surface area (Å²) in [6, 6.07) is 7.63. The number of nitrogens with two attached hydrogens (primary N) is 1. The van der Waals surface area contributed by atoms with Crippen LogP contribution in [0.5, 0.6) is 23.0 Å². The van der Waals surface area contributed by atoms with Crippen LogP contribution < -0.4 is 19.9 Å². The first kappa shape index (κ1) is 13.3. The van der Waals surface area contributed by atoms with Gasteiger partial charge in [-0.2, -0.15) is 0 Å². The Labute approximate surface area is 123 Å². The van der Waals surface area contributed by atoms with E-state index in [2.05, 4.69) is 0 Å². The zero-order chi connectivity index (χ0) is 15.0. The van der Waals surface area contributed by atoms with Crippen molar-refractivity contribution in [3.8, 4) is 23.0 Å². The van der Waals surface area contributed by atoms with Crippen LogP contribution in [-0.4, -0.2) is 11.7 Å². The van der Waals surface area contributed by atoms with Gasteiger partial charge in [-0.15, -0.1) is 0 Å². The largest absolute Gasteiger partial charge is 0.456 e. The maximum Gasteiger partial charge on any atom is 0.293 e. The van der Waals surface area contributed by atoms with E-state index < -0.39 is 4.92 Å². The van der Waals surface area contributed by atoms with Crippen molar-refractivity contribution < 1.29 is 19.1 Å². The Bertz CT molecular complexity index is 735. The third-order valence-corrected chi connectivity index (χ3v) is 3.28. The van der Waals surface area contributed by atoms with Crippen molar-refractivity contribution in [1.82, 2.24) is 0 Å². The molecular formula is C13H9ClN2O5. The van der Waals surface area contributed by atoms with E-state index >= 15 is 0 Å². The van der Waals surface area contributed by atoms with Crippen LogP contribution in [0.2, 0.25) is 5.02 Å². The maximum absolute atomic E-state index is 10.8. The Kier molecular flexibility index (Phi) is 3.19. The van der Waals surface area contributed by atoms with E-state index in [0.717, 1.165) is 0 Å². The lowest BCUT2D eigenvalue weighted by Crippen LogP contribution is -1.97. The molecule has 1 aliphatic heterocycles. The zero-order valence-corrected chi connectivity index (χ0v) is 11.3. The number of halogens is 1. The molecule has 0 aromatic heterocycles. The van der Waals surface area contributed by atoms with E-state index in [1.807, 2.05) is 0 Å². The van der Waals surface area contributed by atoms with Crippen LogP contribution in [0, 0.1) is 10.1 Å². The molecule has 0 bridgehead atoms. The lowest BCUT2D eigenvalue weighted by molar-refractivity contribution is -0.383. The second-order valence-corrected chi connectivity index (χ2v) is 4.56. The number of nitro groups is 1. The van der Waals surface area contributed by atoms with Gasteiger partial charge in [-0.1, -0.05) is 11.6 Å². The summed E-state index contributed by atoms with van der Waals surface area (Å²) in [5.41, 5.74) is 5.23. The fraction of sp³-hybridized carbons (Fsp3) is 0.0769. The Morgan fingerprint density at radius 1 is 1.24 bits per heavy atom. The van der Waals surface area contributed by atoms with E-state index in [0.29, 0.717) is 17.2 Å². The van der Waals surface area contributed by atoms with Crippen LogP contribution in [0.1, 0.15) is 0 Å². The van der Waals surface area contributed by atoms with Crippen molar-refractivity contribution in [2.24, 2.45) is 0 Å². The van der Waals surface area contributed by atoms with Gasteiger partial charge in [0.25, 0.3) is 5.69 Å². The topological polar surface area (TPSA) is 96.9 Å². The number of anilines is 1. The summed E-state index contributed by atoms with van der Waals surface area (Å²) >= 11 is 6.00. The first-order valence-electron chi connectivity index (χ1n) is 5.86. The molecule has 2 aromatic rings. The standard InChI is InChI=1S/C13H9ClN2O5/c14-12-10(4-2-8(13(12)15)16(17)18)21-7-1-3-9-11(5-7)20-6-19-9/h1-5H,6,15H2. The highest BCUT2D eigenvalue weighted by atomic mass is 35.5. The molecule has 3 rings (SSSR count). The second kappa shape index (κ2) is 5.02. The molecule has 108 valence electrons.